The molecule has 3 rings (SSSR count). The average Bonchev–Trinajstić information content (AvgIpc) is 2.85. The summed E-state index contributed by atoms with van der Waals surface area (Å²) in [4.78, 5) is 0. The fourth-order valence-corrected chi connectivity index (χ4v) is 2.81. The molecule has 2 N–H and O–H groups in total. The molecule has 0 fully saturated rings. The highest BCUT2D eigenvalue weighted by atomic mass is 16.3. The Bertz CT molecular complexity index is 814. The maximum absolute atomic E-state index is 6.44. The van der Waals surface area contributed by atoms with Gasteiger partial charge in [0.25, 0.3) is 0 Å². The topological polar surface area (TPSA) is 39.2 Å². The van der Waals surface area contributed by atoms with Gasteiger partial charge in [0.2, 0.25) is 0 Å². The van der Waals surface area contributed by atoms with Crippen LogP contribution >= 0.6 is 0 Å². The molecule has 21 heavy (non-hydrogen) atoms. The summed E-state index contributed by atoms with van der Waals surface area (Å²) in [6, 6.07) is 12.4. The van der Waals surface area contributed by atoms with Gasteiger partial charge in [-0.3, -0.25) is 0 Å². The number of hydrogen-bond acceptors (Lipinski definition) is 2. The summed E-state index contributed by atoms with van der Waals surface area (Å²) >= 11 is 0. The van der Waals surface area contributed by atoms with Gasteiger partial charge in [0.1, 0.15) is 11.3 Å². The van der Waals surface area contributed by atoms with Crippen LogP contribution in [-0.4, -0.2) is 0 Å². The summed E-state index contributed by atoms with van der Waals surface area (Å²) < 4.78 is 5.94. The average molecular weight is 279 g/mol. The molecule has 0 saturated carbocycles. The molecular weight excluding hydrogens is 258 g/mol. The van der Waals surface area contributed by atoms with Crippen LogP contribution in [0.5, 0.6) is 0 Å². The van der Waals surface area contributed by atoms with Crippen molar-refractivity contribution in [2.45, 2.75) is 33.7 Å². The summed E-state index contributed by atoms with van der Waals surface area (Å²) in [5, 5.41) is 1.11. The molecule has 0 aliphatic rings. The summed E-state index contributed by atoms with van der Waals surface area (Å²) in [5.74, 6) is 0.821. The van der Waals surface area contributed by atoms with Gasteiger partial charge in [0, 0.05) is 5.39 Å². The summed E-state index contributed by atoms with van der Waals surface area (Å²) in [7, 11) is 0. The van der Waals surface area contributed by atoms with Crippen LogP contribution in [0.25, 0.3) is 11.0 Å². The molecule has 0 saturated heterocycles. The number of furan rings is 1. The van der Waals surface area contributed by atoms with Gasteiger partial charge >= 0.3 is 0 Å². The van der Waals surface area contributed by atoms with E-state index in [1.54, 1.807) is 0 Å². The number of aryl methyl sites for hydroxylation is 4. The van der Waals surface area contributed by atoms with Crippen LogP contribution in [0.15, 0.2) is 40.8 Å². The van der Waals surface area contributed by atoms with Crippen molar-refractivity contribution in [3.8, 4) is 0 Å². The third-order valence-electron chi connectivity index (χ3n) is 4.21. The van der Waals surface area contributed by atoms with E-state index in [-0.39, 0.29) is 6.04 Å². The molecule has 1 atom stereocenters. The lowest BCUT2D eigenvalue weighted by atomic mass is 9.95. The van der Waals surface area contributed by atoms with E-state index < -0.39 is 0 Å². The largest absolute Gasteiger partial charge is 0.459 e. The SMILES string of the molecule is Cc1ccc2oc(C(N)c3cc(C)c(C)cc3C)cc2c1. The first-order chi connectivity index (χ1) is 9.95. The van der Waals surface area contributed by atoms with Gasteiger partial charge in [0.05, 0.1) is 6.04 Å². The Morgan fingerprint density at radius 2 is 1.57 bits per heavy atom. The van der Waals surface area contributed by atoms with E-state index in [0.717, 1.165) is 22.3 Å². The maximum Gasteiger partial charge on any atom is 0.134 e. The van der Waals surface area contributed by atoms with E-state index in [4.69, 9.17) is 10.2 Å². The number of rotatable bonds is 2. The Hall–Kier alpha value is -2.06. The van der Waals surface area contributed by atoms with Crippen molar-refractivity contribution in [2.24, 2.45) is 5.73 Å². The molecule has 0 bridgehead atoms. The van der Waals surface area contributed by atoms with Gasteiger partial charge in [-0.1, -0.05) is 23.8 Å². The lowest BCUT2D eigenvalue weighted by molar-refractivity contribution is 0.524. The zero-order chi connectivity index (χ0) is 15.1. The van der Waals surface area contributed by atoms with Crippen LogP contribution < -0.4 is 5.73 Å². The molecule has 1 unspecified atom stereocenters. The molecule has 3 aromatic rings. The molecular formula is C19H21NO. The molecule has 1 heterocycles. The zero-order valence-electron chi connectivity index (χ0n) is 13.0. The summed E-state index contributed by atoms with van der Waals surface area (Å²) in [6.07, 6.45) is 0. The van der Waals surface area contributed by atoms with E-state index in [1.165, 1.54) is 22.3 Å². The summed E-state index contributed by atoms with van der Waals surface area (Å²) in [6.45, 7) is 8.43. The number of benzene rings is 2. The molecule has 0 amide bonds. The predicted molar refractivity (Wildman–Crippen MR) is 87.6 cm³/mol. The molecule has 108 valence electrons. The minimum atomic E-state index is -0.225. The van der Waals surface area contributed by atoms with E-state index in [1.807, 2.05) is 6.07 Å². The lowest BCUT2D eigenvalue weighted by Crippen LogP contribution is -2.13. The monoisotopic (exact) mass is 279 g/mol. The van der Waals surface area contributed by atoms with Crippen molar-refractivity contribution in [3.63, 3.8) is 0 Å². The van der Waals surface area contributed by atoms with Crippen molar-refractivity contribution in [1.29, 1.82) is 0 Å². The number of hydrogen-bond donors (Lipinski definition) is 1. The van der Waals surface area contributed by atoms with Gasteiger partial charge in [-0.05, 0) is 68.1 Å². The Kier molecular flexibility index (Phi) is 3.34. The Morgan fingerprint density at radius 3 is 2.33 bits per heavy atom. The third-order valence-corrected chi connectivity index (χ3v) is 4.21. The standard InChI is InChI=1S/C19H21NO/c1-11-5-6-17-15(7-11)10-18(21-17)19(20)16-9-13(3)12(2)8-14(16)4/h5-10,19H,20H2,1-4H3. The van der Waals surface area contributed by atoms with Crippen LogP contribution in [0.4, 0.5) is 0 Å². The second-order valence-corrected chi connectivity index (χ2v) is 5.96. The van der Waals surface area contributed by atoms with Crippen molar-refractivity contribution < 1.29 is 4.42 Å². The van der Waals surface area contributed by atoms with E-state index in [2.05, 4.69) is 58.0 Å². The first-order valence-electron chi connectivity index (χ1n) is 7.29. The third kappa shape index (κ3) is 2.47. The minimum absolute atomic E-state index is 0.225. The summed E-state index contributed by atoms with van der Waals surface area (Å²) in [5.41, 5.74) is 13.5. The van der Waals surface area contributed by atoms with Crippen LogP contribution in [-0.2, 0) is 0 Å². The Balaban J connectivity index is 2.07. The van der Waals surface area contributed by atoms with Crippen LogP contribution in [0, 0.1) is 27.7 Å². The van der Waals surface area contributed by atoms with Gasteiger partial charge in [0.15, 0.2) is 0 Å². The molecule has 2 heteroatoms. The molecule has 2 aromatic carbocycles. The normalized spacial score (nSPS) is 12.8. The molecule has 2 nitrogen and oxygen atoms in total. The van der Waals surface area contributed by atoms with Gasteiger partial charge in [-0.2, -0.15) is 0 Å². The highest BCUT2D eigenvalue weighted by Gasteiger charge is 2.17. The molecule has 0 radical (unpaired) electrons. The number of fused-ring (bicyclic) bond motifs is 1. The molecule has 0 aliphatic heterocycles. The fourth-order valence-electron chi connectivity index (χ4n) is 2.81. The molecule has 0 spiro atoms. The fraction of sp³-hybridized carbons (Fsp3) is 0.263. The van der Waals surface area contributed by atoms with Crippen molar-refractivity contribution in [1.82, 2.24) is 0 Å². The number of nitrogens with two attached hydrogens (primary N) is 1. The minimum Gasteiger partial charge on any atom is -0.459 e. The second-order valence-electron chi connectivity index (χ2n) is 5.96. The van der Waals surface area contributed by atoms with E-state index in [0.29, 0.717) is 0 Å². The van der Waals surface area contributed by atoms with Gasteiger partial charge in [-0.15, -0.1) is 0 Å². The van der Waals surface area contributed by atoms with E-state index >= 15 is 0 Å². The zero-order valence-corrected chi connectivity index (χ0v) is 13.0. The lowest BCUT2D eigenvalue weighted by Gasteiger charge is -2.15. The quantitative estimate of drug-likeness (QED) is 0.737. The Morgan fingerprint density at radius 1 is 0.857 bits per heavy atom. The van der Waals surface area contributed by atoms with Crippen LogP contribution in [0.3, 0.4) is 0 Å². The van der Waals surface area contributed by atoms with Crippen LogP contribution in [0.2, 0.25) is 0 Å². The first kappa shape index (κ1) is 13.9. The van der Waals surface area contributed by atoms with Gasteiger partial charge in [-0.25, -0.2) is 0 Å². The highest BCUT2D eigenvalue weighted by Crippen LogP contribution is 2.30. The maximum atomic E-state index is 6.44. The van der Waals surface area contributed by atoms with Crippen molar-refractivity contribution in [3.05, 3.63) is 70.0 Å². The Labute approximate surface area is 125 Å². The molecule has 1 aromatic heterocycles. The van der Waals surface area contributed by atoms with Crippen molar-refractivity contribution in [2.75, 3.05) is 0 Å². The van der Waals surface area contributed by atoms with Crippen LogP contribution in [0.1, 0.15) is 39.6 Å². The smallest absolute Gasteiger partial charge is 0.134 e. The van der Waals surface area contributed by atoms with E-state index in [9.17, 15) is 0 Å². The second kappa shape index (κ2) is 5.05. The molecule has 0 aliphatic carbocycles. The predicted octanol–water partition coefficient (Wildman–Crippen LogP) is 4.71. The first-order valence-corrected chi connectivity index (χ1v) is 7.29. The van der Waals surface area contributed by atoms with Crippen molar-refractivity contribution >= 4 is 11.0 Å². The highest BCUT2D eigenvalue weighted by molar-refractivity contribution is 5.79. The van der Waals surface area contributed by atoms with Gasteiger partial charge < -0.3 is 10.2 Å².